The molecule has 1 aromatic rings. The summed E-state index contributed by atoms with van der Waals surface area (Å²) in [7, 11) is -0.361. The highest BCUT2D eigenvalue weighted by Crippen LogP contribution is 2.37. The Balaban J connectivity index is 1.99. The van der Waals surface area contributed by atoms with Gasteiger partial charge in [0.2, 0.25) is 0 Å². The Kier molecular flexibility index (Phi) is 4.62. The average Bonchev–Trinajstić information content (AvgIpc) is 2.64. The molecule has 21 heavy (non-hydrogen) atoms. The lowest BCUT2D eigenvalue weighted by Crippen LogP contribution is -2.41. The van der Waals surface area contributed by atoms with E-state index in [4.69, 9.17) is 9.31 Å². The monoisotopic (exact) mass is 288 g/mol. The summed E-state index contributed by atoms with van der Waals surface area (Å²) in [6.45, 7) is 10.1. The Hall–Kier alpha value is -1.10. The van der Waals surface area contributed by atoms with Gasteiger partial charge >= 0.3 is 7.12 Å². The molecule has 2 atom stereocenters. The molecule has 114 valence electrons. The molecule has 0 spiro atoms. The van der Waals surface area contributed by atoms with Gasteiger partial charge < -0.3 is 14.4 Å². The van der Waals surface area contributed by atoms with Crippen LogP contribution in [0.5, 0.6) is 0 Å². The number of aliphatic hydroxyl groups is 1. The summed E-state index contributed by atoms with van der Waals surface area (Å²) >= 11 is 0. The molecular formula is C17H25BO3. The Labute approximate surface area is 128 Å². The van der Waals surface area contributed by atoms with Gasteiger partial charge in [-0.25, -0.2) is 0 Å². The van der Waals surface area contributed by atoms with Gasteiger partial charge in [0, 0.05) is 5.92 Å². The predicted octanol–water partition coefficient (Wildman–Crippen LogP) is 3.54. The number of hydrogen-bond donors (Lipinski definition) is 1. The molecule has 0 aromatic heterocycles. The summed E-state index contributed by atoms with van der Waals surface area (Å²) in [6.07, 6.45) is 1.43. The molecule has 2 rings (SSSR count). The summed E-state index contributed by atoms with van der Waals surface area (Å²) in [6, 6.07) is 9.68. The van der Waals surface area contributed by atoms with Crippen molar-refractivity contribution in [3.63, 3.8) is 0 Å². The van der Waals surface area contributed by atoms with Crippen molar-refractivity contribution in [2.75, 3.05) is 0 Å². The highest BCUT2D eigenvalue weighted by atomic mass is 16.7. The quantitative estimate of drug-likeness (QED) is 0.861. The van der Waals surface area contributed by atoms with Crippen LogP contribution in [0.1, 0.15) is 46.3 Å². The molecule has 3 nitrogen and oxygen atoms in total. The van der Waals surface area contributed by atoms with Crippen molar-refractivity contribution in [3.8, 4) is 0 Å². The molecule has 1 aliphatic heterocycles. The number of rotatable bonds is 4. The van der Waals surface area contributed by atoms with Crippen molar-refractivity contribution in [2.24, 2.45) is 5.92 Å². The molecule has 1 N–H and O–H groups in total. The van der Waals surface area contributed by atoms with E-state index < -0.39 is 6.10 Å². The molecular weight excluding hydrogens is 263 g/mol. The third-order valence-corrected chi connectivity index (χ3v) is 4.48. The fraction of sp³-hybridized carbons (Fsp3) is 0.529. The summed E-state index contributed by atoms with van der Waals surface area (Å²) < 4.78 is 11.8. The maximum atomic E-state index is 10.3. The molecule has 0 radical (unpaired) electrons. The minimum absolute atomic E-state index is 0.00794. The van der Waals surface area contributed by atoms with Gasteiger partial charge in [0.15, 0.2) is 0 Å². The molecule has 4 heteroatoms. The highest BCUT2D eigenvalue weighted by Gasteiger charge is 2.50. The first-order valence-electron chi connectivity index (χ1n) is 7.50. The van der Waals surface area contributed by atoms with Crippen LogP contribution in [0.4, 0.5) is 0 Å². The van der Waals surface area contributed by atoms with E-state index in [1.807, 2.05) is 77.0 Å². The van der Waals surface area contributed by atoms with Crippen LogP contribution in [0.2, 0.25) is 0 Å². The Morgan fingerprint density at radius 1 is 1.05 bits per heavy atom. The summed E-state index contributed by atoms with van der Waals surface area (Å²) in [5.41, 5.74) is 0.260. The van der Waals surface area contributed by atoms with E-state index in [0.717, 1.165) is 5.56 Å². The van der Waals surface area contributed by atoms with Gasteiger partial charge in [-0.15, -0.1) is 0 Å². The Morgan fingerprint density at radius 2 is 1.57 bits per heavy atom. The zero-order valence-electron chi connectivity index (χ0n) is 13.5. The zero-order valence-corrected chi connectivity index (χ0v) is 13.5. The molecule has 1 aromatic carbocycles. The lowest BCUT2D eigenvalue weighted by molar-refractivity contribution is 0.00578. The number of benzene rings is 1. The van der Waals surface area contributed by atoms with Crippen LogP contribution >= 0.6 is 0 Å². The molecule has 1 saturated heterocycles. The van der Waals surface area contributed by atoms with Crippen molar-refractivity contribution in [1.29, 1.82) is 0 Å². The van der Waals surface area contributed by atoms with Crippen molar-refractivity contribution in [1.82, 2.24) is 0 Å². The van der Waals surface area contributed by atoms with Gasteiger partial charge in [-0.05, 0) is 33.3 Å². The van der Waals surface area contributed by atoms with Gasteiger partial charge in [0.1, 0.15) is 0 Å². The summed E-state index contributed by atoms with van der Waals surface area (Å²) in [4.78, 5) is 0. The predicted molar refractivity (Wildman–Crippen MR) is 85.8 cm³/mol. The fourth-order valence-corrected chi connectivity index (χ4v) is 2.29. The molecule has 0 aliphatic carbocycles. The summed E-state index contributed by atoms with van der Waals surface area (Å²) in [5.74, 6) is 1.89. The van der Waals surface area contributed by atoms with Crippen molar-refractivity contribution < 1.29 is 14.4 Å². The van der Waals surface area contributed by atoms with E-state index in [1.54, 1.807) is 0 Å². The second-order valence-corrected chi connectivity index (χ2v) is 6.72. The number of aliphatic hydroxyl groups excluding tert-OH is 1. The van der Waals surface area contributed by atoms with E-state index in [1.165, 1.54) is 0 Å². The molecule has 0 unspecified atom stereocenters. The summed E-state index contributed by atoms with van der Waals surface area (Å²) in [5, 5.41) is 10.3. The van der Waals surface area contributed by atoms with Crippen LogP contribution in [0.15, 0.2) is 42.4 Å². The second kappa shape index (κ2) is 5.95. The van der Waals surface area contributed by atoms with Crippen LogP contribution in [-0.2, 0) is 9.31 Å². The molecule has 0 saturated carbocycles. The van der Waals surface area contributed by atoms with E-state index in [2.05, 4.69) is 0 Å². The lowest BCUT2D eigenvalue weighted by Gasteiger charge is -2.32. The van der Waals surface area contributed by atoms with E-state index in [0.29, 0.717) is 0 Å². The van der Waals surface area contributed by atoms with Crippen LogP contribution < -0.4 is 0 Å². The highest BCUT2D eigenvalue weighted by molar-refractivity contribution is 6.51. The minimum atomic E-state index is -0.523. The topological polar surface area (TPSA) is 38.7 Å². The average molecular weight is 288 g/mol. The van der Waals surface area contributed by atoms with Crippen molar-refractivity contribution >= 4 is 7.12 Å². The smallest absolute Gasteiger partial charge is 0.400 e. The van der Waals surface area contributed by atoms with Gasteiger partial charge in [0.25, 0.3) is 0 Å². The van der Waals surface area contributed by atoms with Gasteiger partial charge in [-0.1, -0.05) is 49.3 Å². The van der Waals surface area contributed by atoms with Crippen LogP contribution in [0, 0.1) is 5.92 Å². The standard InChI is InChI=1S/C17H25BO3/c1-13(15(19)14-9-7-6-8-10-14)11-12-18-20-16(2,3)17(4,5)21-18/h6-13,15,19H,1-5H3/b12-11+/t13-,15+/m1/s1. The maximum Gasteiger partial charge on any atom is 0.486 e. The van der Waals surface area contributed by atoms with E-state index in [-0.39, 0.29) is 24.2 Å². The third-order valence-electron chi connectivity index (χ3n) is 4.48. The first-order chi connectivity index (χ1) is 9.73. The molecule has 0 bridgehead atoms. The Morgan fingerprint density at radius 3 is 2.10 bits per heavy atom. The van der Waals surface area contributed by atoms with Crippen molar-refractivity contribution in [2.45, 2.75) is 51.9 Å². The first-order valence-corrected chi connectivity index (χ1v) is 7.50. The number of hydrogen-bond acceptors (Lipinski definition) is 3. The van der Waals surface area contributed by atoms with E-state index in [9.17, 15) is 5.11 Å². The largest absolute Gasteiger partial charge is 0.486 e. The van der Waals surface area contributed by atoms with E-state index >= 15 is 0 Å². The second-order valence-electron chi connectivity index (χ2n) is 6.72. The molecule has 1 heterocycles. The minimum Gasteiger partial charge on any atom is -0.400 e. The van der Waals surface area contributed by atoms with Gasteiger partial charge in [-0.2, -0.15) is 0 Å². The van der Waals surface area contributed by atoms with Gasteiger partial charge in [-0.3, -0.25) is 0 Å². The molecule has 1 fully saturated rings. The van der Waals surface area contributed by atoms with Crippen molar-refractivity contribution in [3.05, 3.63) is 47.9 Å². The fourth-order valence-electron chi connectivity index (χ4n) is 2.29. The molecule has 0 amide bonds. The SMILES string of the molecule is C[C@H](/C=C/B1OC(C)(C)C(C)(C)O1)[C@H](O)c1ccccc1. The third kappa shape index (κ3) is 3.57. The normalized spacial score (nSPS) is 23.4. The molecule has 1 aliphatic rings. The van der Waals surface area contributed by atoms with Crippen LogP contribution in [0.25, 0.3) is 0 Å². The first kappa shape index (κ1) is 16.3. The lowest BCUT2D eigenvalue weighted by atomic mass is 9.86. The Bertz CT molecular complexity index is 480. The van der Waals surface area contributed by atoms with Crippen LogP contribution in [-0.4, -0.2) is 23.4 Å². The van der Waals surface area contributed by atoms with Gasteiger partial charge in [0.05, 0.1) is 17.3 Å². The maximum absolute atomic E-state index is 10.3. The van der Waals surface area contributed by atoms with Crippen LogP contribution in [0.3, 0.4) is 0 Å². The zero-order chi connectivity index (χ0) is 15.7.